The predicted octanol–water partition coefficient (Wildman–Crippen LogP) is 5.11. The lowest BCUT2D eigenvalue weighted by Crippen LogP contribution is -2.32. The molecule has 0 N–H and O–H groups in total. The van der Waals surface area contributed by atoms with Crippen molar-refractivity contribution in [3.05, 3.63) is 41.2 Å². The zero-order valence-corrected chi connectivity index (χ0v) is 18.0. The van der Waals surface area contributed by atoms with Crippen LogP contribution in [0.15, 0.2) is 30.5 Å². The molecule has 1 atom stereocenters. The third kappa shape index (κ3) is 4.40. The Morgan fingerprint density at radius 1 is 1.21 bits per heavy atom. The van der Waals surface area contributed by atoms with Gasteiger partial charge in [0.15, 0.2) is 0 Å². The fraction of sp³-hybridized carbons (Fsp3) is 0.522. The van der Waals surface area contributed by atoms with E-state index in [4.69, 9.17) is 16.6 Å². The molecule has 1 aromatic heterocycles. The number of likely N-dealkylation sites (tertiary alicyclic amines) is 1. The van der Waals surface area contributed by atoms with Gasteiger partial charge >= 0.3 is 0 Å². The van der Waals surface area contributed by atoms with Crippen molar-refractivity contribution >= 4 is 23.5 Å². The quantitative estimate of drug-likeness (QED) is 0.684. The van der Waals surface area contributed by atoms with E-state index in [1.807, 2.05) is 49.5 Å². The van der Waals surface area contributed by atoms with Gasteiger partial charge in [0, 0.05) is 43.8 Å². The van der Waals surface area contributed by atoms with Crippen molar-refractivity contribution in [2.75, 3.05) is 25.5 Å². The molecule has 1 amide bonds. The van der Waals surface area contributed by atoms with Crippen molar-refractivity contribution in [2.24, 2.45) is 5.92 Å². The van der Waals surface area contributed by atoms with E-state index in [-0.39, 0.29) is 11.9 Å². The fourth-order valence-corrected chi connectivity index (χ4v) is 4.85. The van der Waals surface area contributed by atoms with Crippen molar-refractivity contribution in [2.45, 2.75) is 51.0 Å². The number of benzene rings is 1. The average Bonchev–Trinajstić information content (AvgIpc) is 3.39. The number of rotatable bonds is 5. The molecular weight excluding hydrogens is 384 g/mol. The lowest BCUT2D eigenvalue weighted by atomic mass is 9.98. The molecule has 1 aliphatic heterocycles. The molecule has 154 valence electrons. The highest BCUT2D eigenvalue weighted by Gasteiger charge is 2.34. The summed E-state index contributed by atoms with van der Waals surface area (Å²) < 4.78 is 0. The summed E-state index contributed by atoms with van der Waals surface area (Å²) in [4.78, 5) is 26.6. The Bertz CT molecular complexity index is 879. The fourth-order valence-electron chi connectivity index (χ4n) is 4.66. The second kappa shape index (κ2) is 8.70. The van der Waals surface area contributed by atoms with Crippen LogP contribution < -0.4 is 4.90 Å². The molecular formula is C23H29ClN4O. The number of aromatic nitrogens is 2. The van der Waals surface area contributed by atoms with Gasteiger partial charge in [0.1, 0.15) is 0 Å². The van der Waals surface area contributed by atoms with E-state index in [9.17, 15) is 4.79 Å². The highest BCUT2D eigenvalue weighted by Crippen LogP contribution is 2.39. The first-order valence-corrected chi connectivity index (χ1v) is 11.0. The first-order chi connectivity index (χ1) is 14.0. The van der Waals surface area contributed by atoms with E-state index >= 15 is 0 Å². The normalized spacial score (nSPS) is 19.7. The minimum Gasteiger partial charge on any atom is -0.347 e. The number of anilines is 1. The maximum Gasteiger partial charge on any atom is 0.225 e. The van der Waals surface area contributed by atoms with Gasteiger partial charge in [-0.15, -0.1) is 0 Å². The van der Waals surface area contributed by atoms with Crippen LogP contribution >= 0.6 is 11.6 Å². The standard InChI is InChI=1S/C23H29ClN4O/c1-27(2)23-25-15-19(17-9-5-10-18(24)14-17)22(26-23)20-11-6-12-28(20)21(29)13-16-7-3-4-8-16/h5,9-10,14-16,20H,3-4,6-8,11-13H2,1-2H3/t20-/m1/s1. The summed E-state index contributed by atoms with van der Waals surface area (Å²) in [5.41, 5.74) is 2.89. The molecule has 0 bridgehead atoms. The van der Waals surface area contributed by atoms with Gasteiger partial charge in [-0.1, -0.05) is 36.6 Å². The third-order valence-corrected chi connectivity index (χ3v) is 6.40. The van der Waals surface area contributed by atoms with Gasteiger partial charge in [-0.3, -0.25) is 4.79 Å². The Kier molecular flexibility index (Phi) is 6.04. The summed E-state index contributed by atoms with van der Waals surface area (Å²) in [7, 11) is 3.88. The minimum absolute atomic E-state index is 0.000385. The molecule has 1 saturated carbocycles. The first-order valence-electron chi connectivity index (χ1n) is 10.6. The third-order valence-electron chi connectivity index (χ3n) is 6.17. The summed E-state index contributed by atoms with van der Waals surface area (Å²) in [5.74, 6) is 1.50. The zero-order valence-electron chi connectivity index (χ0n) is 17.3. The molecule has 5 nitrogen and oxygen atoms in total. The largest absolute Gasteiger partial charge is 0.347 e. The van der Waals surface area contributed by atoms with Gasteiger partial charge in [0.25, 0.3) is 0 Å². The maximum atomic E-state index is 13.2. The van der Waals surface area contributed by atoms with E-state index in [1.165, 1.54) is 25.7 Å². The van der Waals surface area contributed by atoms with Gasteiger partial charge in [0.05, 0.1) is 11.7 Å². The number of amides is 1. The van der Waals surface area contributed by atoms with Crippen molar-refractivity contribution in [3.63, 3.8) is 0 Å². The molecule has 0 radical (unpaired) electrons. The summed E-state index contributed by atoms with van der Waals surface area (Å²) in [6.07, 6.45) is 9.41. The van der Waals surface area contributed by atoms with Gasteiger partial charge < -0.3 is 9.80 Å². The van der Waals surface area contributed by atoms with Crippen LogP contribution in [0.3, 0.4) is 0 Å². The zero-order chi connectivity index (χ0) is 20.4. The highest BCUT2D eigenvalue weighted by atomic mass is 35.5. The molecule has 2 aromatic rings. The molecule has 2 heterocycles. The van der Waals surface area contributed by atoms with Crippen LogP contribution in [0.5, 0.6) is 0 Å². The van der Waals surface area contributed by atoms with Gasteiger partial charge in [0.2, 0.25) is 11.9 Å². The van der Waals surface area contributed by atoms with Crippen LogP contribution in [-0.4, -0.2) is 41.4 Å². The molecule has 4 rings (SSSR count). The Balaban J connectivity index is 1.69. The molecule has 0 unspecified atom stereocenters. The molecule has 6 heteroatoms. The lowest BCUT2D eigenvalue weighted by Gasteiger charge is -2.28. The topological polar surface area (TPSA) is 49.3 Å². The Hall–Kier alpha value is -2.14. The highest BCUT2D eigenvalue weighted by molar-refractivity contribution is 6.30. The second-order valence-electron chi connectivity index (χ2n) is 8.47. The number of halogens is 1. The van der Waals surface area contributed by atoms with E-state index in [2.05, 4.69) is 9.88 Å². The molecule has 2 fully saturated rings. The van der Waals surface area contributed by atoms with Crippen LogP contribution in [0.1, 0.15) is 56.7 Å². The van der Waals surface area contributed by atoms with E-state index in [0.29, 0.717) is 23.3 Å². The first kappa shape index (κ1) is 20.1. The molecule has 2 aliphatic rings. The van der Waals surface area contributed by atoms with Gasteiger partial charge in [-0.25, -0.2) is 9.97 Å². The smallest absolute Gasteiger partial charge is 0.225 e. The van der Waals surface area contributed by atoms with Crippen LogP contribution in [-0.2, 0) is 4.79 Å². The number of hydrogen-bond acceptors (Lipinski definition) is 4. The Morgan fingerprint density at radius 3 is 2.72 bits per heavy atom. The van der Waals surface area contributed by atoms with E-state index in [1.54, 1.807) is 0 Å². The number of carbonyl (C=O) groups is 1. The Labute approximate surface area is 178 Å². The molecule has 1 aliphatic carbocycles. The summed E-state index contributed by atoms with van der Waals surface area (Å²) in [6, 6.07) is 7.78. The monoisotopic (exact) mass is 412 g/mol. The number of carbonyl (C=O) groups excluding carboxylic acids is 1. The Morgan fingerprint density at radius 2 is 2.00 bits per heavy atom. The summed E-state index contributed by atoms with van der Waals surface area (Å²) >= 11 is 6.25. The number of nitrogens with zero attached hydrogens (tertiary/aromatic N) is 4. The van der Waals surface area contributed by atoms with Crippen LogP contribution in [0.4, 0.5) is 5.95 Å². The van der Waals surface area contributed by atoms with Gasteiger partial charge in [-0.05, 0) is 49.3 Å². The number of hydrogen-bond donors (Lipinski definition) is 0. The maximum absolute atomic E-state index is 13.2. The predicted molar refractivity (Wildman–Crippen MR) is 117 cm³/mol. The average molecular weight is 413 g/mol. The minimum atomic E-state index is -0.000385. The molecule has 1 aromatic carbocycles. The van der Waals surface area contributed by atoms with Crippen molar-refractivity contribution in [1.82, 2.24) is 14.9 Å². The van der Waals surface area contributed by atoms with Crippen molar-refractivity contribution in [1.29, 1.82) is 0 Å². The van der Waals surface area contributed by atoms with E-state index in [0.717, 1.165) is 36.2 Å². The molecule has 29 heavy (non-hydrogen) atoms. The second-order valence-corrected chi connectivity index (χ2v) is 8.91. The lowest BCUT2D eigenvalue weighted by molar-refractivity contribution is -0.133. The van der Waals surface area contributed by atoms with E-state index < -0.39 is 0 Å². The van der Waals surface area contributed by atoms with Crippen molar-refractivity contribution < 1.29 is 4.79 Å². The molecule has 1 saturated heterocycles. The van der Waals surface area contributed by atoms with Crippen LogP contribution in [0.2, 0.25) is 5.02 Å². The summed E-state index contributed by atoms with van der Waals surface area (Å²) in [5, 5.41) is 0.686. The SMILES string of the molecule is CN(C)c1ncc(-c2cccc(Cl)c2)c([C@H]2CCCN2C(=O)CC2CCCC2)n1. The van der Waals surface area contributed by atoms with Crippen LogP contribution in [0.25, 0.3) is 11.1 Å². The molecule has 0 spiro atoms. The summed E-state index contributed by atoms with van der Waals surface area (Å²) in [6.45, 7) is 0.812. The van der Waals surface area contributed by atoms with Crippen LogP contribution in [0, 0.1) is 5.92 Å². The van der Waals surface area contributed by atoms with Gasteiger partial charge in [-0.2, -0.15) is 0 Å². The van der Waals surface area contributed by atoms with Crippen molar-refractivity contribution in [3.8, 4) is 11.1 Å².